The van der Waals surface area contributed by atoms with E-state index >= 15 is 0 Å². The number of carbonyl (C=O) groups is 2. The number of thiazole rings is 1. The van der Waals surface area contributed by atoms with Crippen LogP contribution >= 0.6 is 22.9 Å². The molecule has 1 N–H and O–H groups in total. The number of nitrogens with zero attached hydrogens (tertiary/aromatic N) is 1. The summed E-state index contributed by atoms with van der Waals surface area (Å²) in [5.41, 5.74) is -0.181. The highest BCUT2D eigenvalue weighted by molar-refractivity contribution is 7.18. The molecule has 0 saturated carbocycles. The largest absolute Gasteiger partial charge is 0.483 e. The molecule has 2 amide bonds. The van der Waals surface area contributed by atoms with Crippen LogP contribution in [-0.2, 0) is 11.4 Å². The minimum Gasteiger partial charge on any atom is -0.483 e. The molecule has 0 saturated heterocycles. The smallest absolute Gasteiger partial charge is 0.263 e. The Morgan fingerprint density at radius 1 is 1.28 bits per heavy atom. The second kappa shape index (κ2) is 8.84. The predicted octanol–water partition coefficient (Wildman–Crippen LogP) is 5.11. The molecular weight excluding hydrogens is 422 g/mol. The third kappa shape index (κ3) is 4.71. The molecule has 0 aliphatic carbocycles. The molecule has 0 aliphatic heterocycles. The lowest BCUT2D eigenvalue weighted by Crippen LogP contribution is -2.35. The molecule has 3 rings (SSSR count). The molecule has 0 spiro atoms. The van der Waals surface area contributed by atoms with Crippen LogP contribution in [0.25, 0.3) is 10.2 Å². The van der Waals surface area contributed by atoms with Crippen molar-refractivity contribution < 1.29 is 23.1 Å². The molecule has 1 aromatic heterocycles. The fourth-order valence-electron chi connectivity index (χ4n) is 2.49. The number of hydrogen-bond acceptors (Lipinski definition) is 5. The number of amides is 2. The van der Waals surface area contributed by atoms with Gasteiger partial charge < -0.3 is 4.74 Å². The monoisotopic (exact) mass is 438 g/mol. The molecule has 9 heteroatoms. The van der Waals surface area contributed by atoms with E-state index in [4.69, 9.17) is 16.3 Å². The van der Waals surface area contributed by atoms with Gasteiger partial charge >= 0.3 is 0 Å². The average Bonchev–Trinajstić information content (AvgIpc) is 3.08. The standard InChI is InChI=1S/C20H17ClF2N2O3S/c1-3-10(2)19(26)25-20(27)17-12(22)5-6-14(18(17)23)28-9-16-24-13-8-11(21)4-7-15(13)29-16/h4-8,10H,3,9H2,1-2H3,(H,25,26,27). The summed E-state index contributed by atoms with van der Waals surface area (Å²) < 4.78 is 35.1. The molecule has 1 heterocycles. The first-order valence-electron chi connectivity index (χ1n) is 8.81. The molecule has 152 valence electrons. The molecule has 0 bridgehead atoms. The van der Waals surface area contributed by atoms with E-state index in [1.807, 2.05) is 11.4 Å². The van der Waals surface area contributed by atoms with Crippen molar-refractivity contribution in [1.82, 2.24) is 10.3 Å². The van der Waals surface area contributed by atoms with Crippen LogP contribution in [0.2, 0.25) is 5.02 Å². The summed E-state index contributed by atoms with van der Waals surface area (Å²) in [7, 11) is 0. The van der Waals surface area contributed by atoms with E-state index in [1.165, 1.54) is 11.3 Å². The number of fused-ring (bicyclic) bond motifs is 1. The Balaban J connectivity index is 1.78. The van der Waals surface area contributed by atoms with Crippen LogP contribution in [0, 0.1) is 17.6 Å². The van der Waals surface area contributed by atoms with Gasteiger partial charge in [-0.1, -0.05) is 25.4 Å². The molecule has 2 aromatic carbocycles. The Bertz CT molecular complexity index is 1090. The molecule has 0 fully saturated rings. The van der Waals surface area contributed by atoms with E-state index in [0.717, 1.165) is 16.8 Å². The van der Waals surface area contributed by atoms with Gasteiger partial charge in [-0.3, -0.25) is 14.9 Å². The highest BCUT2D eigenvalue weighted by Crippen LogP contribution is 2.28. The minimum atomic E-state index is -1.18. The summed E-state index contributed by atoms with van der Waals surface area (Å²) in [6, 6.07) is 7.25. The van der Waals surface area contributed by atoms with Crippen LogP contribution < -0.4 is 10.1 Å². The first-order valence-corrected chi connectivity index (χ1v) is 10.0. The van der Waals surface area contributed by atoms with Gasteiger partial charge in [-0.2, -0.15) is 0 Å². The maximum Gasteiger partial charge on any atom is 0.263 e. The lowest BCUT2D eigenvalue weighted by molar-refractivity contribution is -0.123. The first-order chi connectivity index (χ1) is 13.8. The van der Waals surface area contributed by atoms with E-state index in [-0.39, 0.29) is 12.4 Å². The van der Waals surface area contributed by atoms with Crippen molar-refractivity contribution in [3.8, 4) is 5.75 Å². The van der Waals surface area contributed by atoms with E-state index in [9.17, 15) is 18.4 Å². The van der Waals surface area contributed by atoms with Gasteiger partial charge in [-0.25, -0.2) is 13.8 Å². The zero-order valence-electron chi connectivity index (χ0n) is 15.6. The minimum absolute atomic E-state index is 0.0770. The van der Waals surface area contributed by atoms with Gasteiger partial charge in [0.05, 0.1) is 10.2 Å². The number of carbonyl (C=O) groups excluding carboxylic acids is 2. The highest BCUT2D eigenvalue weighted by atomic mass is 35.5. The van der Waals surface area contributed by atoms with E-state index in [2.05, 4.69) is 4.98 Å². The Morgan fingerprint density at radius 2 is 2.03 bits per heavy atom. The number of rotatable bonds is 6. The number of hydrogen-bond donors (Lipinski definition) is 1. The van der Waals surface area contributed by atoms with Crippen LogP contribution in [0.3, 0.4) is 0 Å². The fraction of sp³-hybridized carbons (Fsp3) is 0.250. The van der Waals surface area contributed by atoms with Crippen molar-refractivity contribution in [2.75, 3.05) is 0 Å². The number of halogens is 3. The second-order valence-electron chi connectivity index (χ2n) is 6.37. The number of ether oxygens (including phenoxy) is 1. The first kappa shape index (κ1) is 21.1. The third-order valence-electron chi connectivity index (χ3n) is 4.32. The SMILES string of the molecule is CCC(C)C(=O)NC(=O)c1c(F)ccc(OCc2nc3cc(Cl)ccc3s2)c1F. The summed E-state index contributed by atoms with van der Waals surface area (Å²) in [5.74, 6) is -4.79. The van der Waals surface area contributed by atoms with E-state index < -0.39 is 34.9 Å². The van der Waals surface area contributed by atoms with Crippen molar-refractivity contribution in [2.45, 2.75) is 26.9 Å². The predicted molar refractivity (Wildman–Crippen MR) is 107 cm³/mol. The van der Waals surface area contributed by atoms with Gasteiger partial charge in [-0.15, -0.1) is 11.3 Å². The van der Waals surface area contributed by atoms with Crippen LogP contribution in [0.4, 0.5) is 8.78 Å². The normalized spacial score (nSPS) is 12.0. The summed E-state index contributed by atoms with van der Waals surface area (Å²) in [6.07, 6.45) is 0.487. The number of imide groups is 1. The maximum absolute atomic E-state index is 14.7. The van der Waals surface area contributed by atoms with Crippen molar-refractivity contribution in [3.05, 3.63) is 57.6 Å². The number of aromatic nitrogens is 1. The second-order valence-corrected chi connectivity index (χ2v) is 7.92. The van der Waals surface area contributed by atoms with E-state index in [1.54, 1.807) is 26.0 Å². The lowest BCUT2D eigenvalue weighted by Gasteiger charge is -2.12. The van der Waals surface area contributed by atoms with Gasteiger partial charge in [-0.05, 0) is 36.8 Å². The Kier molecular flexibility index (Phi) is 6.44. The molecule has 1 atom stereocenters. The molecule has 0 aliphatic rings. The van der Waals surface area contributed by atoms with Crippen LogP contribution in [0.5, 0.6) is 5.75 Å². The topological polar surface area (TPSA) is 68.3 Å². The summed E-state index contributed by atoms with van der Waals surface area (Å²) in [5, 5.41) is 3.12. The highest BCUT2D eigenvalue weighted by Gasteiger charge is 2.24. The third-order valence-corrected chi connectivity index (χ3v) is 5.57. The number of nitrogens with one attached hydrogen (secondary N) is 1. The van der Waals surface area contributed by atoms with Crippen LogP contribution in [0.1, 0.15) is 35.6 Å². The molecule has 5 nitrogen and oxygen atoms in total. The molecular formula is C20H17ClF2N2O3S. The van der Waals surface area contributed by atoms with Gasteiger partial charge in [0.1, 0.15) is 23.0 Å². The van der Waals surface area contributed by atoms with Gasteiger partial charge in [0, 0.05) is 10.9 Å². The Hall–Kier alpha value is -2.58. The molecule has 29 heavy (non-hydrogen) atoms. The Labute approximate surface area is 174 Å². The molecule has 0 radical (unpaired) electrons. The van der Waals surface area contributed by atoms with Crippen molar-refractivity contribution in [3.63, 3.8) is 0 Å². The van der Waals surface area contributed by atoms with Crippen molar-refractivity contribution in [1.29, 1.82) is 0 Å². The Morgan fingerprint density at radius 3 is 2.76 bits per heavy atom. The van der Waals surface area contributed by atoms with Crippen LogP contribution in [-0.4, -0.2) is 16.8 Å². The van der Waals surface area contributed by atoms with Crippen molar-refractivity contribution in [2.24, 2.45) is 5.92 Å². The molecule has 1 unspecified atom stereocenters. The van der Waals surface area contributed by atoms with Gasteiger partial charge in [0.15, 0.2) is 11.6 Å². The van der Waals surface area contributed by atoms with Crippen molar-refractivity contribution >= 4 is 45.0 Å². The maximum atomic E-state index is 14.7. The lowest BCUT2D eigenvalue weighted by atomic mass is 10.1. The summed E-state index contributed by atoms with van der Waals surface area (Å²) >= 11 is 7.28. The molecule has 3 aromatic rings. The fourth-order valence-corrected chi connectivity index (χ4v) is 3.51. The summed E-state index contributed by atoms with van der Waals surface area (Å²) in [6.45, 7) is 3.30. The summed E-state index contributed by atoms with van der Waals surface area (Å²) in [4.78, 5) is 28.4. The van der Waals surface area contributed by atoms with Gasteiger partial charge in [0.2, 0.25) is 5.91 Å². The van der Waals surface area contributed by atoms with Crippen LogP contribution in [0.15, 0.2) is 30.3 Å². The quantitative estimate of drug-likeness (QED) is 0.580. The average molecular weight is 439 g/mol. The van der Waals surface area contributed by atoms with E-state index in [0.29, 0.717) is 22.0 Å². The zero-order valence-corrected chi connectivity index (χ0v) is 17.2. The van der Waals surface area contributed by atoms with Gasteiger partial charge in [0.25, 0.3) is 5.91 Å². The zero-order chi connectivity index (χ0) is 21.1. The number of benzene rings is 2.